The van der Waals surface area contributed by atoms with Gasteiger partial charge in [-0.15, -0.1) is 0 Å². The van der Waals surface area contributed by atoms with Crippen molar-refractivity contribution in [1.29, 1.82) is 0 Å². The second kappa shape index (κ2) is 11.7. The molecule has 1 fully saturated rings. The summed E-state index contributed by atoms with van der Waals surface area (Å²) in [5.74, 6) is 0.325. The summed E-state index contributed by atoms with van der Waals surface area (Å²) < 4.78 is 12.8. The molecule has 3 aromatic rings. The molecule has 36 heavy (non-hydrogen) atoms. The summed E-state index contributed by atoms with van der Waals surface area (Å²) in [7, 11) is 0. The smallest absolute Gasteiger partial charge is 0.285 e. The number of benzene rings is 3. The van der Waals surface area contributed by atoms with Crippen molar-refractivity contribution in [3.05, 3.63) is 98.4 Å². The van der Waals surface area contributed by atoms with E-state index in [1.54, 1.807) is 18.2 Å². The van der Waals surface area contributed by atoms with Crippen molar-refractivity contribution in [2.75, 3.05) is 6.61 Å². The molecular formula is C27H23BrN2O4S2. The highest BCUT2D eigenvalue weighted by molar-refractivity contribution is 9.10. The number of aryl methyl sites for hydroxylation is 1. The normalized spacial score (nSPS) is 14.3. The van der Waals surface area contributed by atoms with E-state index in [2.05, 4.69) is 21.4 Å². The molecular weight excluding hydrogens is 560 g/mol. The Morgan fingerprint density at radius 1 is 1.11 bits per heavy atom. The van der Waals surface area contributed by atoms with Gasteiger partial charge in [-0.25, -0.2) is 0 Å². The van der Waals surface area contributed by atoms with Crippen LogP contribution in [-0.2, 0) is 11.4 Å². The number of hydrogen-bond acceptors (Lipinski definition) is 6. The Morgan fingerprint density at radius 3 is 2.53 bits per heavy atom. The van der Waals surface area contributed by atoms with Crippen molar-refractivity contribution in [2.45, 2.75) is 20.5 Å². The van der Waals surface area contributed by atoms with Gasteiger partial charge in [0, 0.05) is 5.56 Å². The van der Waals surface area contributed by atoms with Crippen LogP contribution in [0.2, 0.25) is 0 Å². The minimum absolute atomic E-state index is 0.249. The molecule has 1 aliphatic heterocycles. The topological polar surface area (TPSA) is 67.9 Å². The lowest BCUT2D eigenvalue weighted by atomic mass is 10.1. The number of nitrogens with zero attached hydrogens (tertiary/aromatic N) is 1. The molecule has 6 nitrogen and oxygen atoms in total. The third-order valence-electron chi connectivity index (χ3n) is 5.18. The fraction of sp³-hybridized carbons (Fsp3) is 0.148. The van der Waals surface area contributed by atoms with Crippen LogP contribution < -0.4 is 14.9 Å². The van der Waals surface area contributed by atoms with Gasteiger partial charge in [-0.05, 0) is 83.5 Å². The number of thiocarbonyl (C=S) groups is 1. The van der Waals surface area contributed by atoms with Crippen molar-refractivity contribution >= 4 is 62.1 Å². The Labute approximate surface area is 227 Å². The predicted molar refractivity (Wildman–Crippen MR) is 150 cm³/mol. The van der Waals surface area contributed by atoms with E-state index in [4.69, 9.17) is 21.7 Å². The predicted octanol–water partition coefficient (Wildman–Crippen LogP) is 6.28. The fourth-order valence-corrected chi connectivity index (χ4v) is 5.14. The number of nitrogens with one attached hydrogen (secondary N) is 1. The molecule has 1 saturated heterocycles. The average molecular weight is 584 g/mol. The van der Waals surface area contributed by atoms with Gasteiger partial charge in [0.15, 0.2) is 15.8 Å². The number of hydrogen-bond donors (Lipinski definition) is 1. The van der Waals surface area contributed by atoms with Crippen LogP contribution in [0.1, 0.15) is 34.0 Å². The molecule has 1 heterocycles. The van der Waals surface area contributed by atoms with Crippen molar-refractivity contribution in [3.63, 3.8) is 0 Å². The van der Waals surface area contributed by atoms with Gasteiger partial charge in [-0.3, -0.25) is 15.0 Å². The van der Waals surface area contributed by atoms with Crippen LogP contribution in [0.5, 0.6) is 11.5 Å². The van der Waals surface area contributed by atoms with Crippen molar-refractivity contribution in [1.82, 2.24) is 10.4 Å². The molecule has 9 heteroatoms. The monoisotopic (exact) mass is 582 g/mol. The van der Waals surface area contributed by atoms with Crippen LogP contribution in [0.4, 0.5) is 0 Å². The first-order chi connectivity index (χ1) is 17.4. The first-order valence-corrected chi connectivity index (χ1v) is 13.2. The highest BCUT2D eigenvalue weighted by Gasteiger charge is 2.34. The highest BCUT2D eigenvalue weighted by atomic mass is 79.9. The van der Waals surface area contributed by atoms with Gasteiger partial charge in [0.2, 0.25) is 0 Å². The van der Waals surface area contributed by atoms with E-state index < -0.39 is 11.8 Å². The van der Waals surface area contributed by atoms with Crippen LogP contribution >= 0.6 is 39.9 Å². The molecule has 0 bridgehead atoms. The number of carbonyl (C=O) groups excluding carboxylic acids is 2. The first-order valence-electron chi connectivity index (χ1n) is 11.1. The van der Waals surface area contributed by atoms with Gasteiger partial charge >= 0.3 is 0 Å². The summed E-state index contributed by atoms with van der Waals surface area (Å²) in [6.45, 7) is 4.66. The number of halogens is 1. The van der Waals surface area contributed by atoms with Crippen molar-refractivity contribution in [3.8, 4) is 11.5 Å². The number of thioether (sulfide) groups is 1. The zero-order valence-corrected chi connectivity index (χ0v) is 22.8. The minimum Gasteiger partial charge on any atom is -0.490 e. The Bertz CT molecular complexity index is 1330. The maximum Gasteiger partial charge on any atom is 0.285 e. The third kappa shape index (κ3) is 6.16. The standard InChI is InChI=1S/C27H23BrN2O4S2/c1-3-33-22-14-19(13-21(28)24(22)34-16-18-7-5-4-6-8-18)15-23-26(32)30(27(35)36-23)29-25(31)20-11-9-17(2)10-12-20/h4-15H,3,16H2,1-2H3,(H,29,31)/b23-15-. The van der Waals surface area contributed by atoms with Gasteiger partial charge in [-0.1, -0.05) is 59.8 Å². The van der Waals surface area contributed by atoms with Gasteiger partial charge in [0.1, 0.15) is 6.61 Å². The Hall–Kier alpha value is -3.14. The van der Waals surface area contributed by atoms with E-state index in [1.165, 1.54) is 0 Å². The van der Waals surface area contributed by atoms with Crippen LogP contribution in [0.3, 0.4) is 0 Å². The summed E-state index contributed by atoms with van der Waals surface area (Å²) in [5.41, 5.74) is 5.84. The molecule has 0 aromatic heterocycles. The molecule has 4 rings (SSSR count). The molecule has 0 unspecified atom stereocenters. The van der Waals surface area contributed by atoms with E-state index in [0.717, 1.165) is 33.5 Å². The summed E-state index contributed by atoms with van der Waals surface area (Å²) >= 11 is 10.0. The zero-order valence-electron chi connectivity index (χ0n) is 19.6. The quantitative estimate of drug-likeness (QED) is 0.249. The minimum atomic E-state index is -0.408. The van der Waals surface area contributed by atoms with Crippen molar-refractivity contribution in [2.24, 2.45) is 0 Å². The average Bonchev–Trinajstić information content (AvgIpc) is 3.12. The van der Waals surface area contributed by atoms with E-state index in [1.807, 2.05) is 68.4 Å². The van der Waals surface area contributed by atoms with Gasteiger partial charge < -0.3 is 9.47 Å². The van der Waals surface area contributed by atoms with E-state index in [9.17, 15) is 9.59 Å². The van der Waals surface area contributed by atoms with Gasteiger partial charge in [0.25, 0.3) is 11.8 Å². The number of rotatable bonds is 8. The summed E-state index contributed by atoms with van der Waals surface area (Å²) in [6, 6.07) is 20.6. The van der Waals surface area contributed by atoms with Gasteiger partial charge in [-0.2, -0.15) is 5.01 Å². The maximum atomic E-state index is 13.0. The lowest BCUT2D eigenvalue weighted by Gasteiger charge is -2.16. The summed E-state index contributed by atoms with van der Waals surface area (Å²) in [5, 5.41) is 1.10. The van der Waals surface area contributed by atoms with Crippen molar-refractivity contribution < 1.29 is 19.1 Å². The van der Waals surface area contributed by atoms with Crippen LogP contribution in [0.25, 0.3) is 6.08 Å². The van der Waals surface area contributed by atoms with E-state index in [0.29, 0.717) is 39.7 Å². The number of ether oxygens (including phenoxy) is 2. The highest BCUT2D eigenvalue weighted by Crippen LogP contribution is 2.39. The number of carbonyl (C=O) groups is 2. The second-order valence-corrected chi connectivity index (χ2v) is 10.4. The Kier molecular flexibility index (Phi) is 8.45. The molecule has 184 valence electrons. The van der Waals surface area contributed by atoms with Crippen LogP contribution in [0.15, 0.2) is 76.1 Å². The molecule has 0 atom stereocenters. The SMILES string of the molecule is CCOc1cc(/C=C2\SC(=S)N(NC(=O)c3ccc(C)cc3)C2=O)cc(Br)c1OCc1ccccc1. The molecule has 0 radical (unpaired) electrons. The van der Waals surface area contributed by atoms with Crippen LogP contribution in [0, 0.1) is 6.92 Å². The molecule has 2 amide bonds. The third-order valence-corrected chi connectivity index (χ3v) is 7.07. The number of amides is 2. The van der Waals surface area contributed by atoms with Crippen LogP contribution in [-0.4, -0.2) is 27.8 Å². The largest absolute Gasteiger partial charge is 0.490 e. The molecule has 0 saturated carbocycles. The summed E-state index contributed by atoms with van der Waals surface area (Å²) in [4.78, 5) is 26.0. The molecule has 0 spiro atoms. The first kappa shape index (κ1) is 25.9. The number of hydrazine groups is 1. The maximum absolute atomic E-state index is 13.0. The van der Waals surface area contributed by atoms with Gasteiger partial charge in [0.05, 0.1) is 16.0 Å². The molecule has 3 aromatic carbocycles. The molecule has 1 aliphatic rings. The molecule has 1 N–H and O–H groups in total. The fourth-order valence-electron chi connectivity index (χ4n) is 3.39. The van der Waals surface area contributed by atoms with E-state index >= 15 is 0 Å². The Balaban J connectivity index is 1.53. The lowest BCUT2D eigenvalue weighted by Crippen LogP contribution is -2.44. The zero-order chi connectivity index (χ0) is 25.7. The van der Waals surface area contributed by atoms with E-state index in [-0.39, 0.29) is 4.32 Å². The lowest BCUT2D eigenvalue weighted by molar-refractivity contribution is -0.123. The second-order valence-electron chi connectivity index (χ2n) is 7.86. The summed E-state index contributed by atoms with van der Waals surface area (Å²) in [6.07, 6.45) is 1.71. The Morgan fingerprint density at radius 2 is 1.83 bits per heavy atom. The molecule has 0 aliphatic carbocycles.